The number of alkyl halides is 5. The first-order chi connectivity index (χ1) is 9.60. The quantitative estimate of drug-likeness (QED) is 0.833. The SMILES string of the molecule is OC(c1ccc(F)cc1)(c1ccsc1)C(F)(F)C(F)(F)F. The summed E-state index contributed by atoms with van der Waals surface area (Å²) in [6.07, 6.45) is -5.97. The fourth-order valence-corrected chi connectivity index (χ4v) is 2.60. The minimum atomic E-state index is -5.97. The summed E-state index contributed by atoms with van der Waals surface area (Å²) in [5, 5.41) is 12.5. The van der Waals surface area contributed by atoms with E-state index in [1.165, 1.54) is 5.38 Å². The second-order valence-corrected chi connectivity index (χ2v) is 5.08. The van der Waals surface area contributed by atoms with Gasteiger partial charge in [-0.25, -0.2) is 4.39 Å². The highest BCUT2D eigenvalue weighted by atomic mass is 32.1. The maximum Gasteiger partial charge on any atom is 0.457 e. The van der Waals surface area contributed by atoms with Crippen LogP contribution in [0.3, 0.4) is 0 Å². The molecule has 2 aromatic rings. The van der Waals surface area contributed by atoms with Gasteiger partial charge in [-0.2, -0.15) is 33.3 Å². The van der Waals surface area contributed by atoms with Crippen LogP contribution >= 0.6 is 11.3 Å². The molecule has 1 nitrogen and oxygen atoms in total. The fraction of sp³-hybridized carbons (Fsp3) is 0.231. The molecule has 1 heterocycles. The summed E-state index contributed by atoms with van der Waals surface area (Å²) in [5.41, 5.74) is -4.98. The average Bonchev–Trinajstić information content (AvgIpc) is 2.91. The molecule has 2 rings (SSSR count). The molecule has 0 fully saturated rings. The van der Waals surface area contributed by atoms with Crippen molar-refractivity contribution in [2.75, 3.05) is 0 Å². The molecule has 0 radical (unpaired) electrons. The minimum Gasteiger partial charge on any atom is -0.374 e. The summed E-state index contributed by atoms with van der Waals surface area (Å²) in [5.74, 6) is -6.26. The van der Waals surface area contributed by atoms with Crippen LogP contribution in [-0.4, -0.2) is 17.2 Å². The van der Waals surface area contributed by atoms with Crippen LogP contribution in [0.2, 0.25) is 0 Å². The zero-order chi connectivity index (χ0) is 15.9. The predicted molar refractivity (Wildman–Crippen MR) is 64.7 cm³/mol. The molecule has 0 aliphatic rings. The molecule has 1 unspecified atom stereocenters. The number of hydrogen-bond donors (Lipinski definition) is 1. The van der Waals surface area contributed by atoms with E-state index in [0.717, 1.165) is 22.8 Å². The van der Waals surface area contributed by atoms with Crippen LogP contribution in [-0.2, 0) is 5.60 Å². The van der Waals surface area contributed by atoms with Gasteiger partial charge in [0.25, 0.3) is 0 Å². The van der Waals surface area contributed by atoms with E-state index in [1.54, 1.807) is 0 Å². The van der Waals surface area contributed by atoms with Crippen molar-refractivity contribution in [2.24, 2.45) is 0 Å². The van der Waals surface area contributed by atoms with Crippen molar-refractivity contribution in [1.29, 1.82) is 0 Å². The van der Waals surface area contributed by atoms with Gasteiger partial charge in [-0.05, 0) is 34.5 Å². The zero-order valence-corrected chi connectivity index (χ0v) is 11.0. The van der Waals surface area contributed by atoms with Gasteiger partial charge in [0, 0.05) is 5.56 Å². The highest BCUT2D eigenvalue weighted by Gasteiger charge is 2.71. The number of rotatable bonds is 3. The Morgan fingerprint density at radius 1 is 0.857 bits per heavy atom. The van der Waals surface area contributed by atoms with Gasteiger partial charge in [-0.3, -0.25) is 0 Å². The van der Waals surface area contributed by atoms with Gasteiger partial charge >= 0.3 is 12.1 Å². The van der Waals surface area contributed by atoms with Gasteiger partial charge in [0.2, 0.25) is 0 Å². The Bertz CT molecular complexity index is 605. The molecule has 1 aromatic carbocycles. The lowest BCUT2D eigenvalue weighted by atomic mass is 9.82. The van der Waals surface area contributed by atoms with E-state index in [2.05, 4.69) is 0 Å². The lowest BCUT2D eigenvalue weighted by Gasteiger charge is -2.36. The van der Waals surface area contributed by atoms with Crippen LogP contribution in [0.5, 0.6) is 0 Å². The maximum absolute atomic E-state index is 13.9. The molecule has 0 aliphatic carbocycles. The Morgan fingerprint density at radius 3 is 1.86 bits per heavy atom. The van der Waals surface area contributed by atoms with E-state index in [9.17, 15) is 31.4 Å². The Hall–Kier alpha value is -1.54. The lowest BCUT2D eigenvalue weighted by molar-refractivity contribution is -0.336. The Balaban J connectivity index is 2.69. The highest BCUT2D eigenvalue weighted by molar-refractivity contribution is 7.08. The second kappa shape index (κ2) is 5.03. The smallest absolute Gasteiger partial charge is 0.374 e. The van der Waals surface area contributed by atoms with Crippen LogP contribution < -0.4 is 0 Å². The first-order valence-corrected chi connectivity index (χ1v) is 6.50. The molecule has 1 N–H and O–H groups in total. The van der Waals surface area contributed by atoms with Crippen LogP contribution in [0.25, 0.3) is 0 Å². The van der Waals surface area contributed by atoms with Gasteiger partial charge in [0.1, 0.15) is 5.82 Å². The van der Waals surface area contributed by atoms with E-state index in [-0.39, 0.29) is 0 Å². The number of aliphatic hydroxyl groups is 1. The van der Waals surface area contributed by atoms with E-state index in [1.807, 2.05) is 0 Å². The van der Waals surface area contributed by atoms with Gasteiger partial charge in [0.05, 0.1) is 0 Å². The molecule has 0 spiro atoms. The lowest BCUT2D eigenvalue weighted by Crippen LogP contribution is -2.55. The van der Waals surface area contributed by atoms with Crippen LogP contribution in [0.4, 0.5) is 26.3 Å². The van der Waals surface area contributed by atoms with Crippen molar-refractivity contribution >= 4 is 11.3 Å². The van der Waals surface area contributed by atoms with Crippen molar-refractivity contribution in [3.05, 3.63) is 58.0 Å². The first-order valence-electron chi connectivity index (χ1n) is 5.56. The van der Waals surface area contributed by atoms with Crippen LogP contribution in [0.15, 0.2) is 41.1 Å². The monoisotopic (exact) mass is 326 g/mol. The summed E-state index contributed by atoms with van der Waals surface area (Å²) < 4.78 is 78.7. The summed E-state index contributed by atoms with van der Waals surface area (Å²) in [4.78, 5) is 0. The Kier molecular flexibility index (Phi) is 3.79. The maximum atomic E-state index is 13.9. The molecule has 114 valence electrons. The molecule has 0 saturated heterocycles. The third-order valence-electron chi connectivity index (χ3n) is 3.01. The molecular weight excluding hydrogens is 318 g/mol. The summed E-state index contributed by atoms with van der Waals surface area (Å²) >= 11 is 0.856. The third-order valence-corrected chi connectivity index (χ3v) is 3.69. The molecule has 0 saturated carbocycles. The molecule has 0 bridgehead atoms. The molecule has 1 aromatic heterocycles. The van der Waals surface area contributed by atoms with Gasteiger partial charge in [0.15, 0.2) is 5.60 Å². The standard InChI is InChI=1S/C13H8F6OS/c14-10-3-1-8(2-4-10)11(20,9-5-6-21-7-9)12(15,16)13(17,18)19/h1-7,20H. The predicted octanol–water partition coefficient (Wildman–Crippen LogP) is 4.32. The summed E-state index contributed by atoms with van der Waals surface area (Å²) in [7, 11) is 0. The second-order valence-electron chi connectivity index (χ2n) is 4.30. The fourth-order valence-electron chi connectivity index (χ4n) is 1.90. The number of hydrogen-bond acceptors (Lipinski definition) is 2. The van der Waals surface area contributed by atoms with E-state index >= 15 is 0 Å². The third kappa shape index (κ3) is 2.42. The largest absolute Gasteiger partial charge is 0.457 e. The van der Waals surface area contributed by atoms with Crippen molar-refractivity contribution in [3.63, 3.8) is 0 Å². The molecule has 1 atom stereocenters. The topological polar surface area (TPSA) is 20.2 Å². The van der Waals surface area contributed by atoms with Crippen molar-refractivity contribution in [1.82, 2.24) is 0 Å². The molecule has 21 heavy (non-hydrogen) atoms. The van der Waals surface area contributed by atoms with Crippen molar-refractivity contribution in [3.8, 4) is 0 Å². The van der Waals surface area contributed by atoms with Gasteiger partial charge in [-0.15, -0.1) is 0 Å². The van der Waals surface area contributed by atoms with Gasteiger partial charge in [-0.1, -0.05) is 12.1 Å². The number of thiophene rings is 1. The normalized spacial score (nSPS) is 15.8. The minimum absolute atomic E-state index is 0.610. The molecule has 0 amide bonds. The van der Waals surface area contributed by atoms with Gasteiger partial charge < -0.3 is 5.11 Å². The van der Waals surface area contributed by atoms with E-state index < -0.39 is 34.6 Å². The molecule has 8 heteroatoms. The summed E-state index contributed by atoms with van der Waals surface area (Å²) in [6.45, 7) is 0. The van der Waals surface area contributed by atoms with Crippen molar-refractivity contribution in [2.45, 2.75) is 17.7 Å². The summed E-state index contributed by atoms with van der Waals surface area (Å²) in [6, 6.07) is 3.78. The Morgan fingerprint density at radius 2 is 1.43 bits per heavy atom. The van der Waals surface area contributed by atoms with Crippen LogP contribution in [0, 0.1) is 5.82 Å². The number of halogens is 6. The van der Waals surface area contributed by atoms with Crippen LogP contribution in [0.1, 0.15) is 11.1 Å². The Labute approximate surface area is 119 Å². The van der Waals surface area contributed by atoms with E-state index in [4.69, 9.17) is 0 Å². The average molecular weight is 326 g/mol. The first kappa shape index (κ1) is 15.8. The molecule has 0 aliphatic heterocycles. The number of benzene rings is 1. The van der Waals surface area contributed by atoms with Crippen molar-refractivity contribution < 1.29 is 31.4 Å². The zero-order valence-electron chi connectivity index (χ0n) is 10.2. The van der Waals surface area contributed by atoms with E-state index in [0.29, 0.717) is 24.3 Å². The molecular formula is C13H8F6OS. The highest BCUT2D eigenvalue weighted by Crippen LogP contribution is 2.52.